The van der Waals surface area contributed by atoms with Gasteiger partial charge in [0.05, 0.1) is 18.2 Å². The quantitative estimate of drug-likeness (QED) is 0.179. The Balaban J connectivity index is 1.76. The van der Waals surface area contributed by atoms with Crippen LogP contribution in [0.15, 0.2) is 76.4 Å². The first-order valence-electron chi connectivity index (χ1n) is 15.2. The first-order valence-corrected chi connectivity index (χ1v) is 17.8. The molecule has 0 aliphatic heterocycles. The van der Waals surface area contributed by atoms with Gasteiger partial charge in [0, 0.05) is 56.2 Å². The number of aromatic nitrogens is 3. The fraction of sp³-hybridized carbons (Fsp3) is 0.294. The molecule has 0 fully saturated rings. The van der Waals surface area contributed by atoms with E-state index in [0.717, 1.165) is 39.9 Å². The van der Waals surface area contributed by atoms with E-state index in [0.29, 0.717) is 29.0 Å². The van der Waals surface area contributed by atoms with Crippen LogP contribution in [0.4, 0.5) is 8.78 Å². The Bertz CT molecular complexity index is 2180. The van der Waals surface area contributed by atoms with Crippen molar-refractivity contribution < 1.29 is 22.0 Å². The fourth-order valence-corrected chi connectivity index (χ4v) is 6.99. The molecule has 14 heteroatoms. The molecule has 0 radical (unpaired) electrons. The second-order valence-corrected chi connectivity index (χ2v) is 14.7. The van der Waals surface area contributed by atoms with Crippen LogP contribution in [0.1, 0.15) is 30.0 Å². The highest BCUT2D eigenvalue weighted by Crippen LogP contribution is 2.38. The Hall–Kier alpha value is -4.37. The third-order valence-corrected chi connectivity index (χ3v) is 10.8. The topological polar surface area (TPSA) is 115 Å². The number of likely N-dealkylation sites (N-methyl/N-ethyl adjacent to an activating group) is 2. The van der Waals surface area contributed by atoms with Crippen LogP contribution in [0.3, 0.4) is 0 Å². The molecular formula is C34H35F2N5O5S2. The second-order valence-electron chi connectivity index (χ2n) is 11.6. The Kier molecular flexibility index (Phi) is 10.5. The average molecular weight is 696 g/mol. The normalized spacial score (nSPS) is 12.0. The summed E-state index contributed by atoms with van der Waals surface area (Å²) in [6, 6.07) is 15.5. The van der Waals surface area contributed by atoms with E-state index in [4.69, 9.17) is 0 Å². The average Bonchev–Trinajstić information content (AvgIpc) is 3.42. The van der Waals surface area contributed by atoms with E-state index >= 15 is 0 Å². The second kappa shape index (κ2) is 14.4. The van der Waals surface area contributed by atoms with Gasteiger partial charge in [-0.1, -0.05) is 43.3 Å². The van der Waals surface area contributed by atoms with Crippen LogP contribution in [0.25, 0.3) is 26.5 Å². The number of thiophene rings is 1. The number of carbonyl (C=O) groups is 1. The van der Waals surface area contributed by atoms with E-state index < -0.39 is 39.5 Å². The third-order valence-electron chi connectivity index (χ3n) is 8.13. The number of halogens is 2. The van der Waals surface area contributed by atoms with Crippen LogP contribution in [0.5, 0.6) is 0 Å². The van der Waals surface area contributed by atoms with Crippen LogP contribution in [-0.2, 0) is 34.3 Å². The van der Waals surface area contributed by atoms with Crippen LogP contribution in [0, 0.1) is 11.6 Å². The van der Waals surface area contributed by atoms with Crippen molar-refractivity contribution in [2.45, 2.75) is 32.9 Å². The fourth-order valence-electron chi connectivity index (χ4n) is 5.27. The van der Waals surface area contributed by atoms with E-state index in [1.54, 1.807) is 26.1 Å². The highest BCUT2D eigenvalue weighted by Gasteiger charge is 2.26. The molecule has 10 nitrogen and oxygen atoms in total. The molecule has 0 N–H and O–H groups in total. The smallest absolute Gasteiger partial charge is 0.301 e. The largest absolute Gasteiger partial charge is 0.338 e. The first-order chi connectivity index (χ1) is 22.8. The van der Waals surface area contributed by atoms with Crippen molar-refractivity contribution in [3.8, 4) is 16.3 Å². The zero-order chi connectivity index (χ0) is 34.7. The Morgan fingerprint density at radius 3 is 2.23 bits per heavy atom. The van der Waals surface area contributed by atoms with Crippen molar-refractivity contribution in [1.29, 1.82) is 0 Å². The predicted octanol–water partition coefficient (Wildman–Crippen LogP) is 4.45. The molecule has 0 saturated heterocycles. The molecule has 2 aromatic carbocycles. The van der Waals surface area contributed by atoms with Gasteiger partial charge in [-0.05, 0) is 48.0 Å². The summed E-state index contributed by atoms with van der Waals surface area (Å²) >= 11 is 1.15. The van der Waals surface area contributed by atoms with Gasteiger partial charge in [0.25, 0.3) is 5.56 Å². The van der Waals surface area contributed by atoms with Crippen molar-refractivity contribution in [3.63, 3.8) is 0 Å². The maximum atomic E-state index is 15.0. The van der Waals surface area contributed by atoms with E-state index in [9.17, 15) is 31.6 Å². The van der Waals surface area contributed by atoms with Gasteiger partial charge in [-0.25, -0.2) is 35.8 Å². The summed E-state index contributed by atoms with van der Waals surface area (Å²) in [6.45, 7) is 1.98. The highest BCUT2D eigenvalue weighted by atomic mass is 32.2. The van der Waals surface area contributed by atoms with Gasteiger partial charge in [-0.15, -0.1) is 11.3 Å². The van der Waals surface area contributed by atoms with Gasteiger partial charge >= 0.3 is 5.69 Å². The zero-order valence-electron chi connectivity index (χ0n) is 26.9. The minimum atomic E-state index is -3.43. The van der Waals surface area contributed by atoms with Crippen molar-refractivity contribution in [3.05, 3.63) is 116 Å². The van der Waals surface area contributed by atoms with Crippen LogP contribution in [0.2, 0.25) is 0 Å². The number of Topliss-reactive ketones (excluding diaryl/α,β-unsaturated/α-hetero) is 1. The number of hydrogen-bond donors (Lipinski definition) is 0. The van der Waals surface area contributed by atoms with Crippen molar-refractivity contribution in [2.24, 2.45) is 0 Å². The van der Waals surface area contributed by atoms with E-state index in [-0.39, 0.29) is 46.9 Å². The summed E-state index contributed by atoms with van der Waals surface area (Å²) in [7, 11) is -0.166. The zero-order valence-corrected chi connectivity index (χ0v) is 28.6. The van der Waals surface area contributed by atoms with Gasteiger partial charge in [-0.3, -0.25) is 14.2 Å². The Morgan fingerprint density at radius 2 is 1.62 bits per heavy atom. The summed E-state index contributed by atoms with van der Waals surface area (Å²) in [6.07, 6.45) is 3.23. The molecule has 0 unspecified atom stereocenters. The molecule has 0 aliphatic carbocycles. The molecule has 5 rings (SSSR count). The van der Waals surface area contributed by atoms with Crippen LogP contribution < -0.4 is 11.2 Å². The highest BCUT2D eigenvalue weighted by molar-refractivity contribution is 7.88. The molecule has 0 atom stereocenters. The lowest BCUT2D eigenvalue weighted by Gasteiger charge is -2.21. The van der Waals surface area contributed by atoms with Gasteiger partial charge in [-0.2, -0.15) is 0 Å². The van der Waals surface area contributed by atoms with E-state index in [1.165, 1.54) is 34.2 Å². The lowest BCUT2D eigenvalue weighted by atomic mass is 10.0. The summed E-state index contributed by atoms with van der Waals surface area (Å²) < 4.78 is 57.3. The molecule has 0 bridgehead atoms. The molecule has 3 heterocycles. The van der Waals surface area contributed by atoms with Gasteiger partial charge in [0.1, 0.15) is 28.1 Å². The monoisotopic (exact) mass is 695 g/mol. The SMILES string of the molecule is CCC(=O)Cc1ccc(-c2sc3c(c2CN(C)CCN(C)S(C)(=O)=O)c(=O)n(-c2ccccn2)c(=O)n3Cc2c(F)cccc2F)cc1. The molecule has 0 saturated carbocycles. The number of hydrogen-bond acceptors (Lipinski definition) is 8. The van der Waals surface area contributed by atoms with Crippen LogP contribution >= 0.6 is 11.3 Å². The maximum absolute atomic E-state index is 15.0. The molecule has 5 aromatic rings. The maximum Gasteiger partial charge on any atom is 0.338 e. The summed E-state index contributed by atoms with van der Waals surface area (Å²) in [5.41, 5.74) is 0.274. The number of benzene rings is 2. The van der Waals surface area contributed by atoms with Gasteiger partial charge in [0.15, 0.2) is 0 Å². The number of nitrogens with zero attached hydrogens (tertiary/aromatic N) is 5. The van der Waals surface area contributed by atoms with Crippen molar-refractivity contribution >= 4 is 37.4 Å². The van der Waals surface area contributed by atoms with Gasteiger partial charge in [0.2, 0.25) is 10.0 Å². The molecule has 252 valence electrons. The third kappa shape index (κ3) is 7.36. The van der Waals surface area contributed by atoms with Crippen molar-refractivity contribution in [1.82, 2.24) is 23.3 Å². The number of rotatable bonds is 13. The molecule has 0 aliphatic rings. The standard InChI is InChI=1S/C34H35F2N5O5S2/c1-5-24(42)19-22-12-14-23(15-13-22)31-26(20-38(2)17-18-39(3)48(4,45)46)30-32(43)41(29-11-6-7-16-37-29)34(44)40(33(30)47-31)21-25-27(35)9-8-10-28(25)36/h6-16H,5,17-21H2,1-4H3. The number of pyridine rings is 1. The lowest BCUT2D eigenvalue weighted by Crippen LogP contribution is -2.40. The molecule has 0 spiro atoms. The molecule has 3 aromatic heterocycles. The number of carbonyl (C=O) groups excluding carboxylic acids is 1. The lowest BCUT2D eigenvalue weighted by molar-refractivity contribution is -0.118. The molecule has 0 amide bonds. The predicted molar refractivity (Wildman–Crippen MR) is 183 cm³/mol. The molecule has 48 heavy (non-hydrogen) atoms. The first kappa shape index (κ1) is 35.0. The minimum absolute atomic E-state index is 0.0453. The summed E-state index contributed by atoms with van der Waals surface area (Å²) in [5, 5.41) is 0.172. The number of fused-ring (bicyclic) bond motifs is 1. The number of sulfonamides is 1. The number of ketones is 1. The van der Waals surface area contributed by atoms with Gasteiger partial charge < -0.3 is 4.90 Å². The summed E-state index contributed by atoms with van der Waals surface area (Å²) in [4.78, 5) is 47.5. The summed E-state index contributed by atoms with van der Waals surface area (Å²) in [5.74, 6) is -1.54. The molecular weight excluding hydrogens is 661 g/mol. The van der Waals surface area contributed by atoms with E-state index in [2.05, 4.69) is 4.98 Å². The Labute approximate surface area is 280 Å². The van der Waals surface area contributed by atoms with Crippen molar-refractivity contribution in [2.75, 3.05) is 33.4 Å². The Morgan fingerprint density at radius 1 is 0.938 bits per heavy atom. The minimum Gasteiger partial charge on any atom is -0.301 e. The van der Waals surface area contributed by atoms with E-state index in [1.807, 2.05) is 29.2 Å². The van der Waals surface area contributed by atoms with Crippen LogP contribution in [-0.4, -0.2) is 71.0 Å².